The Hall–Kier alpha value is -0.370. The van der Waals surface area contributed by atoms with Gasteiger partial charge in [0.15, 0.2) is 5.78 Å². The third-order valence-electron chi connectivity index (χ3n) is 2.26. The lowest BCUT2D eigenvalue weighted by Gasteiger charge is -2.14. The normalized spacial score (nSPS) is 15.7. The molecular weight excluding hydrogens is 152 g/mol. The second kappa shape index (κ2) is 6.18. The van der Waals surface area contributed by atoms with Crippen LogP contribution in [0, 0.1) is 5.92 Å². The molecule has 2 atom stereocenters. The van der Waals surface area contributed by atoms with Crippen LogP contribution < -0.4 is 0 Å². The Balaban J connectivity index is 3.84. The number of carbonyl (C=O) groups excluding carboxylic acids is 1. The van der Waals surface area contributed by atoms with E-state index >= 15 is 0 Å². The van der Waals surface area contributed by atoms with E-state index in [9.17, 15) is 4.79 Å². The molecule has 0 N–H and O–H groups in total. The zero-order valence-corrected chi connectivity index (χ0v) is 8.59. The summed E-state index contributed by atoms with van der Waals surface area (Å²) >= 11 is 0. The van der Waals surface area contributed by atoms with E-state index in [1.165, 1.54) is 0 Å². The maximum Gasteiger partial charge on any atom is 0.161 e. The van der Waals surface area contributed by atoms with Gasteiger partial charge in [-0.05, 0) is 12.3 Å². The van der Waals surface area contributed by atoms with Crippen molar-refractivity contribution in [1.29, 1.82) is 0 Å². The van der Waals surface area contributed by atoms with Crippen molar-refractivity contribution in [3.8, 4) is 0 Å². The van der Waals surface area contributed by atoms with Crippen molar-refractivity contribution in [2.24, 2.45) is 5.92 Å². The van der Waals surface area contributed by atoms with Gasteiger partial charge >= 0.3 is 0 Å². The van der Waals surface area contributed by atoms with E-state index < -0.39 is 0 Å². The lowest BCUT2D eigenvalue weighted by atomic mass is 9.98. The largest absolute Gasteiger partial charge is 0.374 e. The van der Waals surface area contributed by atoms with Crippen LogP contribution in [0.4, 0.5) is 0 Å². The smallest absolute Gasteiger partial charge is 0.161 e. The Morgan fingerprint density at radius 1 is 1.33 bits per heavy atom. The maximum absolute atomic E-state index is 11.4. The van der Waals surface area contributed by atoms with E-state index in [-0.39, 0.29) is 11.9 Å². The molecule has 0 bridgehead atoms. The first-order valence-electron chi connectivity index (χ1n) is 4.71. The van der Waals surface area contributed by atoms with Crippen LogP contribution in [0.2, 0.25) is 0 Å². The quantitative estimate of drug-likeness (QED) is 0.615. The van der Waals surface area contributed by atoms with Crippen LogP contribution in [0.15, 0.2) is 0 Å². The molecule has 0 aliphatic heterocycles. The minimum atomic E-state index is -0.181. The molecular formula is C10H20O2. The predicted octanol–water partition coefficient (Wildman–Crippen LogP) is 2.42. The molecule has 0 amide bonds. The monoisotopic (exact) mass is 172 g/mol. The number of hydrogen-bond donors (Lipinski definition) is 0. The second-order valence-corrected chi connectivity index (χ2v) is 3.32. The minimum Gasteiger partial charge on any atom is -0.374 e. The fourth-order valence-corrected chi connectivity index (χ4v) is 1.15. The fraction of sp³-hybridized carbons (Fsp3) is 0.900. The Morgan fingerprint density at radius 2 is 1.92 bits per heavy atom. The van der Waals surface area contributed by atoms with Crippen molar-refractivity contribution in [3.63, 3.8) is 0 Å². The molecule has 2 heteroatoms. The first-order valence-corrected chi connectivity index (χ1v) is 4.71. The van der Waals surface area contributed by atoms with Crippen molar-refractivity contribution in [1.82, 2.24) is 0 Å². The lowest BCUT2D eigenvalue weighted by molar-refractivity contribution is -0.129. The van der Waals surface area contributed by atoms with E-state index in [2.05, 4.69) is 13.8 Å². The third-order valence-corrected chi connectivity index (χ3v) is 2.26. The van der Waals surface area contributed by atoms with Crippen LogP contribution in [-0.4, -0.2) is 19.0 Å². The molecule has 0 heterocycles. The van der Waals surface area contributed by atoms with Crippen LogP contribution in [0.25, 0.3) is 0 Å². The fourth-order valence-electron chi connectivity index (χ4n) is 1.15. The van der Waals surface area contributed by atoms with Gasteiger partial charge in [-0.3, -0.25) is 4.79 Å². The van der Waals surface area contributed by atoms with Gasteiger partial charge in [0, 0.05) is 13.5 Å². The summed E-state index contributed by atoms with van der Waals surface area (Å²) in [6, 6.07) is 0. The van der Waals surface area contributed by atoms with E-state index in [0.717, 1.165) is 12.8 Å². The SMILES string of the molecule is CCC(C)CC(=O)C(CC)OC. The Kier molecular flexibility index (Phi) is 5.99. The predicted molar refractivity (Wildman–Crippen MR) is 50.2 cm³/mol. The van der Waals surface area contributed by atoms with Gasteiger partial charge in [0.2, 0.25) is 0 Å². The van der Waals surface area contributed by atoms with Gasteiger partial charge in [-0.1, -0.05) is 27.2 Å². The third kappa shape index (κ3) is 3.86. The molecule has 0 saturated carbocycles. The molecule has 0 spiro atoms. The number of rotatable bonds is 6. The number of ketones is 1. The Bertz CT molecular complexity index is 128. The minimum absolute atomic E-state index is 0.181. The van der Waals surface area contributed by atoms with Gasteiger partial charge in [-0.25, -0.2) is 0 Å². The Labute approximate surface area is 75.3 Å². The summed E-state index contributed by atoms with van der Waals surface area (Å²) in [7, 11) is 1.60. The molecule has 0 rings (SSSR count). The summed E-state index contributed by atoms with van der Waals surface area (Å²) in [6.45, 7) is 6.18. The molecule has 0 radical (unpaired) electrons. The molecule has 0 aromatic carbocycles. The molecule has 0 aromatic heterocycles. The number of hydrogen-bond acceptors (Lipinski definition) is 2. The molecule has 0 aliphatic carbocycles. The molecule has 12 heavy (non-hydrogen) atoms. The number of methoxy groups -OCH3 is 1. The summed E-state index contributed by atoms with van der Waals surface area (Å²) < 4.78 is 5.06. The highest BCUT2D eigenvalue weighted by atomic mass is 16.5. The summed E-state index contributed by atoms with van der Waals surface area (Å²) in [5.74, 6) is 0.732. The van der Waals surface area contributed by atoms with Crippen LogP contribution >= 0.6 is 0 Å². The average Bonchev–Trinajstić information content (AvgIpc) is 2.06. The molecule has 0 saturated heterocycles. The molecule has 0 aromatic rings. The van der Waals surface area contributed by atoms with Crippen molar-refractivity contribution in [2.45, 2.75) is 46.1 Å². The average molecular weight is 172 g/mol. The van der Waals surface area contributed by atoms with Crippen LogP contribution in [-0.2, 0) is 9.53 Å². The highest BCUT2D eigenvalue weighted by Gasteiger charge is 2.16. The van der Waals surface area contributed by atoms with Crippen molar-refractivity contribution in [3.05, 3.63) is 0 Å². The number of Topliss-reactive ketones (excluding diaryl/α,β-unsaturated/α-hetero) is 1. The van der Waals surface area contributed by atoms with Crippen LogP contribution in [0.5, 0.6) is 0 Å². The summed E-state index contributed by atoms with van der Waals surface area (Å²) in [5, 5.41) is 0. The molecule has 0 fully saturated rings. The topological polar surface area (TPSA) is 26.3 Å². The van der Waals surface area contributed by atoms with E-state index in [1.54, 1.807) is 7.11 Å². The summed E-state index contributed by atoms with van der Waals surface area (Å²) in [6.07, 6.45) is 2.32. The van der Waals surface area contributed by atoms with Gasteiger partial charge in [-0.2, -0.15) is 0 Å². The van der Waals surface area contributed by atoms with Gasteiger partial charge in [-0.15, -0.1) is 0 Å². The van der Waals surface area contributed by atoms with Gasteiger partial charge in [0.05, 0.1) is 0 Å². The van der Waals surface area contributed by atoms with E-state index in [4.69, 9.17) is 4.74 Å². The Morgan fingerprint density at radius 3 is 2.25 bits per heavy atom. The van der Waals surface area contributed by atoms with Crippen molar-refractivity contribution in [2.75, 3.05) is 7.11 Å². The maximum atomic E-state index is 11.4. The summed E-state index contributed by atoms with van der Waals surface area (Å²) in [5.41, 5.74) is 0. The highest BCUT2D eigenvalue weighted by Crippen LogP contribution is 2.11. The van der Waals surface area contributed by atoms with Crippen LogP contribution in [0.1, 0.15) is 40.0 Å². The molecule has 2 nitrogen and oxygen atoms in total. The van der Waals surface area contributed by atoms with Crippen molar-refractivity contribution >= 4 is 5.78 Å². The zero-order valence-electron chi connectivity index (χ0n) is 8.59. The van der Waals surface area contributed by atoms with E-state index in [0.29, 0.717) is 12.3 Å². The molecule has 72 valence electrons. The number of ether oxygens (including phenoxy) is 1. The van der Waals surface area contributed by atoms with Gasteiger partial charge in [0.1, 0.15) is 6.10 Å². The first-order chi connectivity index (χ1) is 5.65. The highest BCUT2D eigenvalue weighted by molar-refractivity contribution is 5.83. The van der Waals surface area contributed by atoms with E-state index in [1.807, 2.05) is 6.92 Å². The second-order valence-electron chi connectivity index (χ2n) is 3.32. The standard InChI is InChI=1S/C10H20O2/c1-5-8(3)7-9(11)10(6-2)12-4/h8,10H,5-7H2,1-4H3. The van der Waals surface area contributed by atoms with Gasteiger partial charge in [0.25, 0.3) is 0 Å². The number of carbonyl (C=O) groups is 1. The molecule has 2 unspecified atom stereocenters. The van der Waals surface area contributed by atoms with Gasteiger partial charge < -0.3 is 4.74 Å². The zero-order chi connectivity index (χ0) is 9.56. The summed E-state index contributed by atoms with van der Waals surface area (Å²) in [4.78, 5) is 11.4. The van der Waals surface area contributed by atoms with Crippen molar-refractivity contribution < 1.29 is 9.53 Å². The lowest BCUT2D eigenvalue weighted by Crippen LogP contribution is -2.23. The molecule has 0 aliphatic rings. The first kappa shape index (κ1) is 11.6. The van der Waals surface area contributed by atoms with Crippen LogP contribution in [0.3, 0.4) is 0 Å².